The first kappa shape index (κ1) is 16.2. The zero-order chi connectivity index (χ0) is 17.6. The minimum atomic E-state index is -3.36. The highest BCUT2D eigenvalue weighted by atomic mass is 32.2. The molecule has 0 unspecified atom stereocenters. The summed E-state index contributed by atoms with van der Waals surface area (Å²) in [6, 6.07) is 6.34. The van der Waals surface area contributed by atoms with Crippen LogP contribution in [0.2, 0.25) is 0 Å². The molecule has 0 saturated heterocycles. The van der Waals surface area contributed by atoms with Gasteiger partial charge in [0.25, 0.3) is 0 Å². The van der Waals surface area contributed by atoms with Crippen LogP contribution >= 0.6 is 0 Å². The number of hydrogen-bond donors (Lipinski definition) is 1. The first-order valence-electron chi connectivity index (χ1n) is 8.24. The highest BCUT2D eigenvalue weighted by molar-refractivity contribution is 7.90. The average molecular weight is 356 g/mol. The first-order valence-corrected chi connectivity index (χ1v) is 10.1. The molecule has 0 spiro atoms. The van der Waals surface area contributed by atoms with Gasteiger partial charge in [-0.1, -0.05) is 18.2 Å². The van der Waals surface area contributed by atoms with Crippen molar-refractivity contribution in [1.29, 1.82) is 0 Å². The van der Waals surface area contributed by atoms with Gasteiger partial charge in [0.2, 0.25) is 15.0 Å². The smallest absolute Gasteiger partial charge is 0.246 e. The number of aromatic amines is 1. The van der Waals surface area contributed by atoms with Crippen LogP contribution in [0.15, 0.2) is 35.7 Å². The molecule has 1 N–H and O–H groups in total. The topological polar surface area (TPSA) is 79.0 Å². The molecule has 1 aromatic carbocycles. The fourth-order valence-corrected chi connectivity index (χ4v) is 3.93. The molecular weight excluding hydrogens is 336 g/mol. The van der Waals surface area contributed by atoms with Gasteiger partial charge in [-0.2, -0.15) is 0 Å². The lowest BCUT2D eigenvalue weighted by molar-refractivity contribution is 0.243. The lowest BCUT2D eigenvalue weighted by atomic mass is 10.1. The summed E-state index contributed by atoms with van der Waals surface area (Å²) in [5, 5.41) is 1.18. The van der Waals surface area contributed by atoms with E-state index in [1.54, 1.807) is 6.20 Å². The van der Waals surface area contributed by atoms with Gasteiger partial charge in [-0.3, -0.25) is 4.90 Å². The Morgan fingerprint density at radius 3 is 2.96 bits per heavy atom. The van der Waals surface area contributed by atoms with Crippen LogP contribution < -0.4 is 0 Å². The molecule has 0 aliphatic carbocycles. The van der Waals surface area contributed by atoms with E-state index in [0.717, 1.165) is 43.6 Å². The average Bonchev–Trinajstić information content (AvgIpc) is 2.98. The number of nitrogens with zero attached hydrogens (tertiary/aromatic N) is 3. The van der Waals surface area contributed by atoms with Crippen molar-refractivity contribution in [3.8, 4) is 0 Å². The minimum absolute atomic E-state index is 0.0770. The zero-order valence-electron chi connectivity index (χ0n) is 14.3. The molecule has 0 fully saturated rings. The summed E-state index contributed by atoms with van der Waals surface area (Å²) in [4.78, 5) is 14.0. The highest BCUT2D eigenvalue weighted by Gasteiger charge is 2.21. The molecule has 1 aliphatic rings. The molecule has 3 heterocycles. The van der Waals surface area contributed by atoms with Crippen molar-refractivity contribution in [3.05, 3.63) is 53.0 Å². The number of benzene rings is 1. The quantitative estimate of drug-likeness (QED) is 0.728. The van der Waals surface area contributed by atoms with Gasteiger partial charge in [0, 0.05) is 61.2 Å². The van der Waals surface area contributed by atoms with Gasteiger partial charge in [0.15, 0.2) is 0 Å². The Labute approximate surface area is 146 Å². The third-order valence-corrected chi connectivity index (χ3v) is 5.59. The van der Waals surface area contributed by atoms with E-state index >= 15 is 0 Å². The Morgan fingerprint density at radius 2 is 2.16 bits per heavy atom. The van der Waals surface area contributed by atoms with Crippen LogP contribution in [0.4, 0.5) is 0 Å². The van der Waals surface area contributed by atoms with Crippen LogP contribution in [0.5, 0.6) is 0 Å². The van der Waals surface area contributed by atoms with Crippen molar-refractivity contribution in [1.82, 2.24) is 19.9 Å². The molecular formula is C18H20N4O2S. The Morgan fingerprint density at radius 1 is 1.32 bits per heavy atom. The number of H-pyrrole nitrogens is 1. The summed E-state index contributed by atoms with van der Waals surface area (Å²) in [7, 11) is -3.36. The van der Waals surface area contributed by atoms with Gasteiger partial charge < -0.3 is 4.98 Å². The largest absolute Gasteiger partial charge is 0.361 e. The van der Waals surface area contributed by atoms with E-state index in [-0.39, 0.29) is 5.16 Å². The summed E-state index contributed by atoms with van der Waals surface area (Å²) in [6.07, 6.45) is 5.62. The van der Waals surface area contributed by atoms with Gasteiger partial charge in [-0.05, 0) is 18.1 Å². The number of sulfone groups is 1. The summed E-state index contributed by atoms with van der Waals surface area (Å²) in [5.41, 5.74) is 5.57. The summed E-state index contributed by atoms with van der Waals surface area (Å²) in [5.74, 6) is 0. The maximum absolute atomic E-state index is 11.6. The fraction of sp³-hybridized carbons (Fsp3) is 0.333. The van der Waals surface area contributed by atoms with Crippen molar-refractivity contribution < 1.29 is 8.42 Å². The second-order valence-corrected chi connectivity index (χ2v) is 8.58. The number of aromatic nitrogens is 3. The Kier molecular flexibility index (Phi) is 3.85. The van der Waals surface area contributed by atoms with E-state index in [4.69, 9.17) is 0 Å². The Balaban J connectivity index is 1.57. The van der Waals surface area contributed by atoms with Gasteiger partial charge in [0.05, 0.1) is 5.69 Å². The van der Waals surface area contributed by atoms with E-state index in [0.29, 0.717) is 0 Å². The molecule has 25 heavy (non-hydrogen) atoms. The lowest BCUT2D eigenvalue weighted by Gasteiger charge is -2.27. The molecule has 2 aromatic heterocycles. The SMILES string of the molecule is Cc1cccc2c(CN3CCc4nc(S(C)(=O)=O)ncc4C3)c[nH]c12. The van der Waals surface area contributed by atoms with Crippen molar-refractivity contribution in [2.24, 2.45) is 0 Å². The summed E-state index contributed by atoms with van der Waals surface area (Å²) in [6.45, 7) is 4.54. The molecule has 7 heteroatoms. The molecule has 130 valence electrons. The molecule has 6 nitrogen and oxygen atoms in total. The molecule has 0 saturated carbocycles. The molecule has 3 aromatic rings. The van der Waals surface area contributed by atoms with Crippen LogP contribution in [0.25, 0.3) is 10.9 Å². The second-order valence-electron chi connectivity index (χ2n) is 6.67. The lowest BCUT2D eigenvalue weighted by Crippen LogP contribution is -2.31. The number of rotatable bonds is 3. The summed E-state index contributed by atoms with van der Waals surface area (Å²) >= 11 is 0. The van der Waals surface area contributed by atoms with Crippen molar-refractivity contribution in [2.75, 3.05) is 12.8 Å². The summed E-state index contributed by atoms with van der Waals surface area (Å²) < 4.78 is 23.2. The van der Waals surface area contributed by atoms with Gasteiger partial charge in [0.1, 0.15) is 0 Å². The molecule has 0 atom stereocenters. The maximum Gasteiger partial charge on any atom is 0.246 e. The third kappa shape index (κ3) is 3.05. The number of para-hydroxylation sites is 1. The van der Waals surface area contributed by atoms with Crippen LogP contribution in [0.3, 0.4) is 0 Å². The van der Waals surface area contributed by atoms with E-state index in [9.17, 15) is 8.42 Å². The van der Waals surface area contributed by atoms with Crippen LogP contribution in [0.1, 0.15) is 22.4 Å². The van der Waals surface area contributed by atoms with E-state index in [1.807, 2.05) is 0 Å². The van der Waals surface area contributed by atoms with Crippen LogP contribution in [-0.4, -0.2) is 41.1 Å². The van der Waals surface area contributed by atoms with Crippen LogP contribution in [-0.2, 0) is 29.3 Å². The Bertz CT molecular complexity index is 1060. The molecule has 1 aliphatic heterocycles. The van der Waals surface area contributed by atoms with Gasteiger partial charge in [-0.15, -0.1) is 0 Å². The van der Waals surface area contributed by atoms with Gasteiger partial charge >= 0.3 is 0 Å². The normalized spacial score (nSPS) is 15.4. The number of aryl methyl sites for hydroxylation is 1. The predicted molar refractivity (Wildman–Crippen MR) is 96.0 cm³/mol. The number of nitrogens with one attached hydrogen (secondary N) is 1. The van der Waals surface area contributed by atoms with E-state index < -0.39 is 9.84 Å². The molecule has 0 amide bonds. The van der Waals surface area contributed by atoms with Crippen molar-refractivity contribution in [3.63, 3.8) is 0 Å². The monoisotopic (exact) mass is 356 g/mol. The third-order valence-electron chi connectivity index (χ3n) is 4.73. The highest BCUT2D eigenvalue weighted by Crippen LogP contribution is 2.25. The number of hydrogen-bond acceptors (Lipinski definition) is 5. The second kappa shape index (κ2) is 5.93. The van der Waals surface area contributed by atoms with E-state index in [2.05, 4.69) is 51.2 Å². The minimum Gasteiger partial charge on any atom is -0.361 e. The molecule has 0 bridgehead atoms. The molecule has 4 rings (SSSR count). The zero-order valence-corrected chi connectivity index (χ0v) is 15.1. The van der Waals surface area contributed by atoms with Crippen molar-refractivity contribution >= 4 is 20.7 Å². The van der Waals surface area contributed by atoms with Gasteiger partial charge in [-0.25, -0.2) is 18.4 Å². The standard InChI is InChI=1S/C18H20N4O2S/c1-12-4-3-5-15-13(8-19-17(12)15)10-22-7-6-16-14(11-22)9-20-18(21-16)25(2,23)24/h3-5,8-9,19H,6-7,10-11H2,1-2H3. The first-order chi connectivity index (χ1) is 11.9. The maximum atomic E-state index is 11.6. The fourth-order valence-electron chi connectivity index (χ4n) is 3.41. The van der Waals surface area contributed by atoms with E-state index in [1.165, 1.54) is 22.0 Å². The number of fused-ring (bicyclic) bond motifs is 2. The van der Waals surface area contributed by atoms with Crippen LogP contribution in [0, 0.1) is 6.92 Å². The predicted octanol–water partition coefficient (Wildman–Crippen LogP) is 2.23. The van der Waals surface area contributed by atoms with Crippen molar-refractivity contribution in [2.45, 2.75) is 31.6 Å². The molecule has 0 radical (unpaired) electrons. The Hall–Kier alpha value is -2.25.